The van der Waals surface area contributed by atoms with Gasteiger partial charge in [-0.3, -0.25) is 0 Å². The molecule has 2 unspecified atom stereocenters. The number of rotatable bonds is 4. The average Bonchev–Trinajstić information content (AvgIpc) is 3.18. The molecule has 120 valence electrons. The van der Waals surface area contributed by atoms with Crippen LogP contribution in [-0.2, 0) is 5.41 Å². The summed E-state index contributed by atoms with van der Waals surface area (Å²) in [6.07, 6.45) is 0.976. The Labute approximate surface area is 137 Å². The topological polar surface area (TPSA) is 59.6 Å². The molecule has 3 rings (SSSR count). The minimum Gasteiger partial charge on any atom is -0.496 e. The number of hydrogen-bond donors (Lipinski definition) is 2. The number of ether oxygens (including phenoxy) is 1. The van der Waals surface area contributed by atoms with Crippen molar-refractivity contribution in [2.45, 2.75) is 31.7 Å². The van der Waals surface area contributed by atoms with Gasteiger partial charge in [-0.15, -0.1) is 0 Å². The standard InChI is InChI=1S/C19H23N3O/c1-13-7-6-8-14(11-13)21-18(20)22-17-12-19(17,2)15-9-4-5-10-16(15)23-3/h4-11,17H,12H2,1-3H3,(H3,20,21,22). The van der Waals surface area contributed by atoms with E-state index in [1.807, 2.05) is 30.3 Å². The quantitative estimate of drug-likeness (QED) is 0.671. The van der Waals surface area contributed by atoms with Crippen molar-refractivity contribution in [3.05, 3.63) is 59.7 Å². The first kappa shape index (κ1) is 15.4. The molecule has 4 nitrogen and oxygen atoms in total. The van der Waals surface area contributed by atoms with Crippen molar-refractivity contribution < 1.29 is 4.74 Å². The summed E-state index contributed by atoms with van der Waals surface area (Å²) < 4.78 is 5.48. The Bertz CT molecular complexity index is 741. The highest BCUT2D eigenvalue weighted by molar-refractivity contribution is 5.92. The molecule has 1 aliphatic carbocycles. The number of para-hydroxylation sites is 1. The second kappa shape index (κ2) is 5.95. The minimum absolute atomic E-state index is 0.00842. The van der Waals surface area contributed by atoms with E-state index < -0.39 is 0 Å². The lowest BCUT2D eigenvalue weighted by Crippen LogP contribution is -2.24. The van der Waals surface area contributed by atoms with E-state index >= 15 is 0 Å². The van der Waals surface area contributed by atoms with Crippen molar-refractivity contribution in [3.8, 4) is 5.75 Å². The number of benzene rings is 2. The molecule has 0 heterocycles. The van der Waals surface area contributed by atoms with Gasteiger partial charge in [0.2, 0.25) is 0 Å². The number of nitrogens with two attached hydrogens (primary N) is 1. The summed E-state index contributed by atoms with van der Waals surface area (Å²) in [6.45, 7) is 4.26. The van der Waals surface area contributed by atoms with Gasteiger partial charge < -0.3 is 15.8 Å². The molecule has 0 bridgehead atoms. The van der Waals surface area contributed by atoms with E-state index in [1.54, 1.807) is 7.11 Å². The summed E-state index contributed by atoms with van der Waals surface area (Å²) in [5, 5.41) is 3.17. The zero-order valence-electron chi connectivity index (χ0n) is 13.8. The fourth-order valence-electron chi connectivity index (χ4n) is 3.01. The summed E-state index contributed by atoms with van der Waals surface area (Å²) >= 11 is 0. The third-order valence-electron chi connectivity index (χ3n) is 4.50. The first-order valence-corrected chi connectivity index (χ1v) is 7.83. The number of guanidine groups is 1. The summed E-state index contributed by atoms with van der Waals surface area (Å²) in [6, 6.07) is 16.4. The molecule has 2 aromatic carbocycles. The van der Waals surface area contributed by atoms with E-state index in [1.165, 1.54) is 11.1 Å². The Morgan fingerprint density at radius 2 is 2.04 bits per heavy atom. The smallest absolute Gasteiger partial charge is 0.193 e. The van der Waals surface area contributed by atoms with Crippen molar-refractivity contribution in [2.24, 2.45) is 10.7 Å². The molecule has 0 saturated heterocycles. The van der Waals surface area contributed by atoms with Gasteiger partial charge >= 0.3 is 0 Å². The van der Waals surface area contributed by atoms with Gasteiger partial charge in [-0.2, -0.15) is 0 Å². The Morgan fingerprint density at radius 1 is 1.26 bits per heavy atom. The molecule has 2 atom stereocenters. The summed E-state index contributed by atoms with van der Waals surface area (Å²) in [7, 11) is 1.70. The average molecular weight is 309 g/mol. The fraction of sp³-hybridized carbons (Fsp3) is 0.316. The van der Waals surface area contributed by atoms with E-state index in [2.05, 4.69) is 42.4 Å². The third-order valence-corrected chi connectivity index (χ3v) is 4.50. The van der Waals surface area contributed by atoms with Crippen LogP contribution in [0, 0.1) is 6.92 Å². The van der Waals surface area contributed by atoms with Crippen LogP contribution in [0.15, 0.2) is 53.5 Å². The van der Waals surface area contributed by atoms with E-state index in [9.17, 15) is 0 Å². The van der Waals surface area contributed by atoms with Crippen molar-refractivity contribution in [3.63, 3.8) is 0 Å². The van der Waals surface area contributed by atoms with Crippen LogP contribution in [0.1, 0.15) is 24.5 Å². The van der Waals surface area contributed by atoms with Crippen LogP contribution in [0.25, 0.3) is 0 Å². The number of methoxy groups -OCH3 is 1. The Hall–Kier alpha value is -2.49. The molecule has 0 amide bonds. The SMILES string of the molecule is COc1ccccc1C1(C)CC1N=C(N)Nc1cccc(C)c1. The number of aliphatic imine (C=N–C) groups is 1. The molecular weight excluding hydrogens is 286 g/mol. The highest BCUT2D eigenvalue weighted by Gasteiger charge is 2.53. The molecule has 2 aromatic rings. The normalized spacial score (nSPS) is 23.4. The number of aryl methyl sites for hydroxylation is 1. The summed E-state index contributed by atoms with van der Waals surface area (Å²) in [4.78, 5) is 4.65. The zero-order chi connectivity index (χ0) is 16.4. The summed E-state index contributed by atoms with van der Waals surface area (Å²) in [5.41, 5.74) is 9.41. The summed E-state index contributed by atoms with van der Waals surface area (Å²) in [5.74, 6) is 1.37. The molecule has 23 heavy (non-hydrogen) atoms. The van der Waals surface area contributed by atoms with Gasteiger partial charge in [-0.25, -0.2) is 4.99 Å². The molecule has 1 aliphatic rings. The van der Waals surface area contributed by atoms with Gasteiger partial charge in [0.1, 0.15) is 5.75 Å². The van der Waals surface area contributed by atoms with Crippen molar-refractivity contribution >= 4 is 11.6 Å². The molecule has 0 spiro atoms. The number of nitrogens with one attached hydrogen (secondary N) is 1. The van der Waals surface area contributed by atoms with E-state index in [4.69, 9.17) is 10.5 Å². The van der Waals surface area contributed by atoms with Crippen LogP contribution in [0.3, 0.4) is 0 Å². The van der Waals surface area contributed by atoms with E-state index in [0.29, 0.717) is 5.96 Å². The lowest BCUT2D eigenvalue weighted by Gasteiger charge is -2.15. The maximum Gasteiger partial charge on any atom is 0.193 e. The molecule has 1 saturated carbocycles. The lowest BCUT2D eigenvalue weighted by atomic mass is 9.96. The van der Waals surface area contributed by atoms with Gasteiger partial charge in [0.05, 0.1) is 13.2 Å². The van der Waals surface area contributed by atoms with Gasteiger partial charge in [0, 0.05) is 16.7 Å². The van der Waals surface area contributed by atoms with Crippen LogP contribution in [0.4, 0.5) is 5.69 Å². The van der Waals surface area contributed by atoms with Crippen LogP contribution >= 0.6 is 0 Å². The highest BCUT2D eigenvalue weighted by atomic mass is 16.5. The molecule has 1 fully saturated rings. The largest absolute Gasteiger partial charge is 0.496 e. The molecule has 0 aromatic heterocycles. The maximum absolute atomic E-state index is 6.07. The monoisotopic (exact) mass is 309 g/mol. The maximum atomic E-state index is 6.07. The van der Waals surface area contributed by atoms with E-state index in [0.717, 1.165) is 17.9 Å². The highest BCUT2D eigenvalue weighted by Crippen LogP contribution is 2.52. The Morgan fingerprint density at radius 3 is 2.78 bits per heavy atom. The van der Waals surface area contributed by atoms with Crippen molar-refractivity contribution in [1.29, 1.82) is 0 Å². The predicted molar refractivity (Wildman–Crippen MR) is 95.2 cm³/mol. The van der Waals surface area contributed by atoms with Gasteiger partial charge in [0.25, 0.3) is 0 Å². The molecule has 3 N–H and O–H groups in total. The van der Waals surface area contributed by atoms with Crippen molar-refractivity contribution in [2.75, 3.05) is 12.4 Å². The lowest BCUT2D eigenvalue weighted by molar-refractivity contribution is 0.405. The van der Waals surface area contributed by atoms with Crippen LogP contribution in [-0.4, -0.2) is 19.1 Å². The van der Waals surface area contributed by atoms with Gasteiger partial charge in [-0.05, 0) is 37.1 Å². The number of hydrogen-bond acceptors (Lipinski definition) is 2. The first-order valence-electron chi connectivity index (χ1n) is 7.83. The first-order chi connectivity index (χ1) is 11.0. The number of anilines is 1. The van der Waals surface area contributed by atoms with E-state index in [-0.39, 0.29) is 11.5 Å². The van der Waals surface area contributed by atoms with Crippen LogP contribution in [0.2, 0.25) is 0 Å². The molecular formula is C19H23N3O. The van der Waals surface area contributed by atoms with Gasteiger partial charge in [0.15, 0.2) is 5.96 Å². The van der Waals surface area contributed by atoms with Crippen LogP contribution < -0.4 is 15.8 Å². The Balaban J connectivity index is 1.74. The van der Waals surface area contributed by atoms with Gasteiger partial charge in [-0.1, -0.05) is 37.3 Å². The second-order valence-corrected chi connectivity index (χ2v) is 6.35. The Kier molecular flexibility index (Phi) is 3.99. The fourth-order valence-corrected chi connectivity index (χ4v) is 3.01. The predicted octanol–water partition coefficient (Wildman–Crippen LogP) is 3.46. The molecule has 4 heteroatoms. The van der Waals surface area contributed by atoms with Crippen molar-refractivity contribution in [1.82, 2.24) is 0 Å². The van der Waals surface area contributed by atoms with Crippen LogP contribution in [0.5, 0.6) is 5.75 Å². The minimum atomic E-state index is -0.00842. The molecule has 0 aliphatic heterocycles. The molecule has 0 radical (unpaired) electrons. The zero-order valence-corrected chi connectivity index (χ0v) is 13.8. The second-order valence-electron chi connectivity index (χ2n) is 6.35. The third kappa shape index (κ3) is 3.16. The number of nitrogens with zero attached hydrogens (tertiary/aromatic N) is 1.